The third-order valence-corrected chi connectivity index (χ3v) is 4.81. The zero-order valence-corrected chi connectivity index (χ0v) is 18.3. The second-order valence-electron chi connectivity index (χ2n) is 6.72. The third-order valence-electron chi connectivity index (χ3n) is 4.32. The zero-order valence-electron chi connectivity index (χ0n) is 16.8. The number of amides is 2. The van der Waals surface area contributed by atoms with Gasteiger partial charge in [-0.15, -0.1) is 0 Å². The largest absolute Gasteiger partial charge is 0.454 e. The molecule has 0 saturated carbocycles. The molecule has 0 aliphatic heterocycles. The molecule has 0 aliphatic rings. The number of hydrogen-bond donors (Lipinski definition) is 2. The molecule has 1 unspecified atom stereocenters. The molecule has 32 heavy (non-hydrogen) atoms. The van der Waals surface area contributed by atoms with E-state index in [2.05, 4.69) is 15.6 Å². The first-order valence-electron chi connectivity index (χ1n) is 9.60. The van der Waals surface area contributed by atoms with Crippen molar-refractivity contribution in [1.82, 2.24) is 10.3 Å². The van der Waals surface area contributed by atoms with E-state index in [1.807, 2.05) is 30.3 Å². The highest BCUT2D eigenvalue weighted by Crippen LogP contribution is 2.22. The van der Waals surface area contributed by atoms with E-state index in [9.17, 15) is 14.4 Å². The van der Waals surface area contributed by atoms with Crippen LogP contribution < -0.4 is 10.6 Å². The van der Waals surface area contributed by atoms with Crippen molar-refractivity contribution >= 4 is 46.8 Å². The Kier molecular flexibility index (Phi) is 8.19. The first kappa shape index (κ1) is 23.2. The van der Waals surface area contributed by atoms with Gasteiger partial charge in [0.2, 0.25) is 0 Å². The number of pyridine rings is 1. The number of nitrogens with one attached hydrogen (secondary N) is 2. The number of aromatic nitrogens is 1. The molecule has 2 amide bonds. The molecule has 2 N–H and O–H groups in total. The van der Waals surface area contributed by atoms with Gasteiger partial charge in [0.25, 0.3) is 11.8 Å². The van der Waals surface area contributed by atoms with Gasteiger partial charge in [-0.2, -0.15) is 0 Å². The summed E-state index contributed by atoms with van der Waals surface area (Å²) in [7, 11) is 0. The molecule has 9 heteroatoms. The van der Waals surface area contributed by atoms with Gasteiger partial charge in [-0.25, -0.2) is 9.78 Å². The summed E-state index contributed by atoms with van der Waals surface area (Å²) in [6.45, 7) is -0.577. The summed E-state index contributed by atoms with van der Waals surface area (Å²) < 4.78 is 5.15. The van der Waals surface area contributed by atoms with E-state index in [4.69, 9.17) is 27.9 Å². The van der Waals surface area contributed by atoms with Gasteiger partial charge >= 0.3 is 5.97 Å². The van der Waals surface area contributed by atoms with E-state index in [1.54, 1.807) is 30.3 Å². The molecular weight excluding hydrogens is 453 g/mol. The molecule has 1 aromatic heterocycles. The minimum absolute atomic E-state index is 0.0929. The first-order chi connectivity index (χ1) is 15.4. The Morgan fingerprint density at radius 1 is 0.969 bits per heavy atom. The Bertz CT molecular complexity index is 1090. The maximum atomic E-state index is 12.7. The van der Waals surface area contributed by atoms with Crippen molar-refractivity contribution in [3.05, 3.63) is 94.1 Å². The van der Waals surface area contributed by atoms with E-state index in [0.717, 1.165) is 5.56 Å². The van der Waals surface area contributed by atoms with Gasteiger partial charge in [0.1, 0.15) is 6.04 Å². The minimum atomic E-state index is -0.991. The van der Waals surface area contributed by atoms with E-state index in [-0.39, 0.29) is 17.3 Å². The molecule has 0 fully saturated rings. The van der Waals surface area contributed by atoms with E-state index in [1.165, 1.54) is 12.3 Å². The Balaban J connectivity index is 1.64. The Labute approximate surface area is 194 Å². The minimum Gasteiger partial charge on any atom is -0.454 e. The zero-order chi connectivity index (χ0) is 22.9. The summed E-state index contributed by atoms with van der Waals surface area (Å²) >= 11 is 11.8. The maximum Gasteiger partial charge on any atom is 0.329 e. The fraction of sp³-hybridized carbons (Fsp3) is 0.130. The highest BCUT2D eigenvalue weighted by atomic mass is 35.5. The number of esters is 1. The highest BCUT2D eigenvalue weighted by molar-refractivity contribution is 6.36. The summed E-state index contributed by atoms with van der Waals surface area (Å²) in [6, 6.07) is 18.1. The monoisotopic (exact) mass is 471 g/mol. The molecule has 0 saturated heterocycles. The number of carbonyl (C=O) groups excluding carboxylic acids is 3. The summed E-state index contributed by atoms with van der Waals surface area (Å²) in [5.41, 5.74) is 1.23. The Morgan fingerprint density at radius 2 is 1.62 bits per heavy atom. The lowest BCUT2D eigenvalue weighted by Gasteiger charge is -2.18. The number of ether oxygens (including phenoxy) is 1. The molecule has 1 heterocycles. The van der Waals surface area contributed by atoms with Gasteiger partial charge in [0.15, 0.2) is 12.4 Å². The number of halogens is 2. The average Bonchev–Trinajstić information content (AvgIpc) is 2.80. The molecule has 0 spiro atoms. The second kappa shape index (κ2) is 11.3. The van der Waals surface area contributed by atoms with Crippen molar-refractivity contribution in [1.29, 1.82) is 0 Å². The number of carbonyl (C=O) groups is 3. The standard InChI is InChI=1S/C23H19Cl2N3O4/c24-17-12-18(25)21(26-13-17)28-20(29)14-32-23(31)19(11-15-7-3-1-4-8-15)27-22(30)16-9-5-2-6-10-16/h1-10,12-13,19H,11,14H2,(H,27,30)(H,26,28,29). The SMILES string of the molecule is O=C(COC(=O)C(Cc1ccccc1)NC(=O)c1ccccc1)Nc1ncc(Cl)cc1Cl. The second-order valence-corrected chi connectivity index (χ2v) is 7.57. The van der Waals surface area contributed by atoms with Crippen molar-refractivity contribution in [3.63, 3.8) is 0 Å². The van der Waals surface area contributed by atoms with Crippen LogP contribution in [0.5, 0.6) is 0 Å². The normalized spacial score (nSPS) is 11.3. The number of rotatable bonds is 8. The fourth-order valence-electron chi connectivity index (χ4n) is 2.79. The van der Waals surface area contributed by atoms with Crippen molar-refractivity contribution in [2.45, 2.75) is 12.5 Å². The maximum absolute atomic E-state index is 12.7. The van der Waals surface area contributed by atoms with Crippen LogP contribution in [0.15, 0.2) is 72.9 Å². The van der Waals surface area contributed by atoms with Crippen LogP contribution in [-0.2, 0) is 20.7 Å². The molecule has 0 bridgehead atoms. The van der Waals surface area contributed by atoms with Crippen LogP contribution in [0.3, 0.4) is 0 Å². The Morgan fingerprint density at radius 3 is 2.28 bits per heavy atom. The number of hydrogen-bond acceptors (Lipinski definition) is 5. The predicted molar refractivity (Wildman–Crippen MR) is 122 cm³/mol. The van der Waals surface area contributed by atoms with Crippen molar-refractivity contribution in [3.8, 4) is 0 Å². The summed E-state index contributed by atoms with van der Waals surface area (Å²) in [4.78, 5) is 41.4. The lowest BCUT2D eigenvalue weighted by Crippen LogP contribution is -2.44. The predicted octanol–water partition coefficient (Wildman–Crippen LogP) is 3.91. The molecule has 3 rings (SSSR count). The van der Waals surface area contributed by atoms with Crippen LogP contribution in [0.4, 0.5) is 5.82 Å². The van der Waals surface area contributed by atoms with Crippen LogP contribution in [0, 0.1) is 0 Å². The van der Waals surface area contributed by atoms with Crippen LogP contribution in [0.1, 0.15) is 15.9 Å². The lowest BCUT2D eigenvalue weighted by molar-refractivity contribution is -0.149. The van der Waals surface area contributed by atoms with Crippen LogP contribution in [-0.4, -0.2) is 35.4 Å². The number of benzene rings is 2. The van der Waals surface area contributed by atoms with Gasteiger partial charge in [0.05, 0.1) is 10.0 Å². The molecule has 7 nitrogen and oxygen atoms in total. The van der Waals surface area contributed by atoms with Crippen LogP contribution >= 0.6 is 23.2 Å². The molecule has 0 radical (unpaired) electrons. The molecule has 1 atom stereocenters. The van der Waals surface area contributed by atoms with Gasteiger partial charge in [-0.05, 0) is 23.8 Å². The third kappa shape index (κ3) is 6.80. The molecule has 164 valence electrons. The Hall–Kier alpha value is -3.42. The van der Waals surface area contributed by atoms with Crippen molar-refractivity contribution in [2.24, 2.45) is 0 Å². The van der Waals surface area contributed by atoms with Gasteiger partial charge in [-0.1, -0.05) is 71.7 Å². The van der Waals surface area contributed by atoms with Crippen molar-refractivity contribution < 1.29 is 19.1 Å². The quantitative estimate of drug-likeness (QED) is 0.485. The van der Waals surface area contributed by atoms with E-state index in [0.29, 0.717) is 10.6 Å². The fourth-order valence-corrected chi connectivity index (χ4v) is 3.21. The smallest absolute Gasteiger partial charge is 0.329 e. The van der Waals surface area contributed by atoms with E-state index < -0.39 is 30.4 Å². The number of anilines is 1. The van der Waals surface area contributed by atoms with Crippen LogP contribution in [0.2, 0.25) is 10.0 Å². The first-order valence-corrected chi connectivity index (χ1v) is 10.4. The topological polar surface area (TPSA) is 97.4 Å². The van der Waals surface area contributed by atoms with Crippen molar-refractivity contribution in [2.75, 3.05) is 11.9 Å². The number of nitrogens with zero attached hydrogens (tertiary/aromatic N) is 1. The lowest BCUT2D eigenvalue weighted by atomic mass is 10.1. The highest BCUT2D eigenvalue weighted by Gasteiger charge is 2.24. The molecule has 0 aliphatic carbocycles. The average molecular weight is 472 g/mol. The van der Waals surface area contributed by atoms with Gasteiger partial charge < -0.3 is 15.4 Å². The summed E-state index contributed by atoms with van der Waals surface area (Å²) in [6.07, 6.45) is 1.52. The van der Waals surface area contributed by atoms with Gasteiger partial charge in [-0.3, -0.25) is 9.59 Å². The van der Waals surface area contributed by atoms with Gasteiger partial charge in [0, 0.05) is 18.2 Å². The van der Waals surface area contributed by atoms with Crippen LogP contribution in [0.25, 0.3) is 0 Å². The van der Waals surface area contributed by atoms with E-state index >= 15 is 0 Å². The molecule has 3 aromatic rings. The summed E-state index contributed by atoms with van der Waals surface area (Å²) in [5, 5.41) is 5.58. The summed E-state index contributed by atoms with van der Waals surface area (Å²) in [5.74, 6) is -1.72. The molecular formula is C23H19Cl2N3O4. The molecule has 2 aromatic carbocycles.